The molecule has 2 aromatic heterocycles. The number of likely N-dealkylation sites (N-methyl/N-ethyl adjacent to an activating group) is 1. The normalized spacial score (nSPS) is 16.3. The fourth-order valence-corrected chi connectivity index (χ4v) is 9.31. The first kappa shape index (κ1) is 67.9. The van der Waals surface area contributed by atoms with Crippen LogP contribution in [-0.2, 0) is 67.2 Å². The van der Waals surface area contributed by atoms with Crippen molar-refractivity contribution >= 4 is 65.1 Å². The molecule has 1 aliphatic rings. The zero-order valence-electron chi connectivity index (χ0n) is 49.0. The fraction of sp³-hybridized carbons (Fsp3) is 0.582. The number of rotatable bonds is 34. The number of aromatic nitrogens is 4. The smallest absolute Gasteiger partial charge is 0.326 e. The van der Waals surface area contributed by atoms with Crippen molar-refractivity contribution in [2.24, 2.45) is 34.2 Å². The summed E-state index contributed by atoms with van der Waals surface area (Å²) in [4.78, 5) is 157. The number of nitrogens with one attached hydrogen (secondary N) is 11. The van der Waals surface area contributed by atoms with Gasteiger partial charge < -0.3 is 84.4 Å². The van der Waals surface area contributed by atoms with Crippen molar-refractivity contribution in [3.05, 3.63) is 66.3 Å². The molecular weight excluding hydrogens is 1090 g/mol. The number of amides is 9. The number of hydrogen-bond donors (Lipinski definition) is 15. The predicted molar refractivity (Wildman–Crippen MR) is 307 cm³/mol. The van der Waals surface area contributed by atoms with E-state index in [4.69, 9.17) is 11.5 Å². The molecule has 17 N–H and O–H groups in total. The SMILES string of the molecule is CC[C@H](C)[C@H](NC(=O)[C@H](Cc1ccc(O)cc1)NC(=O)[C@@H](NC(=O)[C@H](CCCN=C(N)N)NC(=O)CNC)C(C)C)C(=O)N[C@@H](Cc1cnc[nH]1)C(=O)N1CCC[C@H]1C(=O)N[C@@H](C)C(=O)N[C@@H](Cc1cnc[nH]1)C(=O)N[C@@H](CC(C)C)C(=O)O. The molecule has 9 amide bonds. The summed E-state index contributed by atoms with van der Waals surface area (Å²) in [6.45, 7) is 12.0. The van der Waals surface area contributed by atoms with Crippen LogP contribution in [-0.4, -0.2) is 181 Å². The van der Waals surface area contributed by atoms with E-state index < -0.39 is 125 Å². The van der Waals surface area contributed by atoms with Crippen molar-refractivity contribution in [3.63, 3.8) is 0 Å². The number of aromatic amines is 2. The average Bonchev–Trinajstić information content (AvgIpc) is 3.72. The van der Waals surface area contributed by atoms with Gasteiger partial charge in [0, 0.05) is 56.1 Å². The highest BCUT2D eigenvalue weighted by Crippen LogP contribution is 2.21. The standard InChI is InChI=1S/C55H85N17O12/c1-9-31(6)45(71-49(78)38(21-33-14-16-36(73)17-15-33)67-51(80)44(30(4)5)70-47(76)37(65-43(74)26-58-8)12-10-18-61-55(56)57)52(81)68-40(23-35-25-60-28-63-35)53(82)72-19-11-13-42(72)50(79)64-32(7)46(75)66-39(22-34-24-59-27-62-34)48(77)69-41(54(83)84)20-29(2)3/h14-17,24-25,27-32,37-42,44-45,58,73H,9-13,18-23,26H2,1-8H3,(H,59,62)(H,60,63)(H,64,79)(H,65,74)(H,66,75)(H,67,80)(H,68,81)(H,69,77)(H,70,76)(H,71,78)(H,83,84)(H4,56,57,61)/t31-,32-,37-,38-,39-,40-,41-,42-,44-,45-/m0/s1. The van der Waals surface area contributed by atoms with E-state index in [1.165, 1.54) is 49.0 Å². The van der Waals surface area contributed by atoms with Gasteiger partial charge in [-0.15, -0.1) is 0 Å². The van der Waals surface area contributed by atoms with Crippen molar-refractivity contribution in [1.29, 1.82) is 0 Å². The van der Waals surface area contributed by atoms with Crippen LogP contribution in [0.15, 0.2) is 54.3 Å². The summed E-state index contributed by atoms with van der Waals surface area (Å²) in [6, 6.07) is -5.39. The van der Waals surface area contributed by atoms with Gasteiger partial charge in [0.15, 0.2) is 5.96 Å². The number of benzene rings is 1. The van der Waals surface area contributed by atoms with Crippen LogP contribution in [0.5, 0.6) is 5.75 Å². The molecule has 0 bridgehead atoms. The van der Waals surface area contributed by atoms with Gasteiger partial charge in [-0.25, -0.2) is 14.8 Å². The number of nitrogens with two attached hydrogens (primary N) is 2. The number of phenols is 1. The van der Waals surface area contributed by atoms with Gasteiger partial charge in [0.25, 0.3) is 0 Å². The van der Waals surface area contributed by atoms with Gasteiger partial charge >= 0.3 is 5.97 Å². The lowest BCUT2D eigenvalue weighted by molar-refractivity contribution is -0.143. The number of aliphatic carboxylic acids is 1. The lowest BCUT2D eigenvalue weighted by Crippen LogP contribution is -2.62. The Morgan fingerprint density at radius 1 is 0.690 bits per heavy atom. The van der Waals surface area contributed by atoms with Crippen LogP contribution in [0.25, 0.3) is 0 Å². The van der Waals surface area contributed by atoms with Crippen LogP contribution >= 0.6 is 0 Å². The molecule has 0 unspecified atom stereocenters. The van der Waals surface area contributed by atoms with Crippen molar-refractivity contribution in [1.82, 2.24) is 72.7 Å². The number of phenolic OH excluding ortho intramolecular Hbond substituents is 1. The molecule has 0 aliphatic carbocycles. The van der Waals surface area contributed by atoms with Crippen LogP contribution in [0.2, 0.25) is 0 Å². The summed E-state index contributed by atoms with van der Waals surface area (Å²) in [6.07, 6.45) is 6.73. The number of nitrogens with zero attached hydrogens (tertiary/aromatic N) is 4. The minimum atomic E-state index is -1.39. The molecule has 29 nitrogen and oxygen atoms in total. The maximum atomic E-state index is 14.8. The van der Waals surface area contributed by atoms with E-state index in [2.05, 4.69) is 72.8 Å². The van der Waals surface area contributed by atoms with Crippen molar-refractivity contribution in [3.8, 4) is 5.75 Å². The molecule has 0 saturated carbocycles. The van der Waals surface area contributed by atoms with Crippen LogP contribution < -0.4 is 59.3 Å². The number of carbonyl (C=O) groups is 10. The minimum absolute atomic E-state index is 0.0579. The molecule has 1 aliphatic heterocycles. The molecule has 29 heteroatoms. The first-order valence-corrected chi connectivity index (χ1v) is 28.2. The average molecular weight is 1180 g/mol. The maximum absolute atomic E-state index is 14.8. The summed E-state index contributed by atoms with van der Waals surface area (Å²) < 4.78 is 0. The third kappa shape index (κ3) is 21.6. The van der Waals surface area contributed by atoms with Gasteiger partial charge in [-0.1, -0.05) is 60.1 Å². The molecule has 84 heavy (non-hydrogen) atoms. The summed E-state index contributed by atoms with van der Waals surface area (Å²) >= 11 is 0. The number of aromatic hydroxyl groups is 1. The first-order valence-electron chi connectivity index (χ1n) is 28.2. The van der Waals surface area contributed by atoms with Gasteiger partial charge in [-0.2, -0.15) is 0 Å². The Kier molecular flexibility index (Phi) is 27.0. The monoisotopic (exact) mass is 1180 g/mol. The summed E-state index contributed by atoms with van der Waals surface area (Å²) in [5, 5.41) is 44.1. The Morgan fingerprint density at radius 3 is 1.80 bits per heavy atom. The topological polar surface area (TPSA) is 444 Å². The molecule has 0 radical (unpaired) electrons. The van der Waals surface area contributed by atoms with Crippen LogP contribution in [0, 0.1) is 17.8 Å². The van der Waals surface area contributed by atoms with E-state index >= 15 is 0 Å². The van der Waals surface area contributed by atoms with Gasteiger partial charge in [-0.3, -0.25) is 48.1 Å². The quantitative estimate of drug-likeness (QED) is 0.0172. The highest BCUT2D eigenvalue weighted by molar-refractivity contribution is 5.99. The summed E-state index contributed by atoms with van der Waals surface area (Å²) in [7, 11) is 1.56. The number of hydrogen-bond acceptors (Lipinski definition) is 15. The zero-order chi connectivity index (χ0) is 62.2. The van der Waals surface area contributed by atoms with E-state index in [1.54, 1.807) is 60.7 Å². The fourth-order valence-electron chi connectivity index (χ4n) is 9.31. The molecule has 1 aromatic carbocycles. The number of carboxylic acids is 1. The van der Waals surface area contributed by atoms with Gasteiger partial charge in [0.2, 0.25) is 53.2 Å². The van der Waals surface area contributed by atoms with Gasteiger partial charge in [-0.05, 0) is 81.5 Å². The number of imidazole rings is 2. The number of guanidine groups is 1. The minimum Gasteiger partial charge on any atom is -0.508 e. The summed E-state index contributed by atoms with van der Waals surface area (Å²) in [5.41, 5.74) is 12.3. The number of aliphatic imine (C=N–C) groups is 1. The number of carbonyl (C=O) groups excluding carboxylic acids is 9. The maximum Gasteiger partial charge on any atom is 0.326 e. The third-order valence-corrected chi connectivity index (χ3v) is 14.1. The molecule has 3 aromatic rings. The Morgan fingerprint density at radius 2 is 1.24 bits per heavy atom. The Hall–Kier alpha value is -8.63. The van der Waals surface area contributed by atoms with E-state index in [1.807, 2.05) is 0 Å². The molecule has 3 heterocycles. The first-order chi connectivity index (χ1) is 39.8. The molecule has 1 fully saturated rings. The second-order valence-electron chi connectivity index (χ2n) is 21.8. The molecular formula is C55H85N17O12. The van der Waals surface area contributed by atoms with Crippen LogP contribution in [0.3, 0.4) is 0 Å². The van der Waals surface area contributed by atoms with Crippen molar-refractivity contribution in [2.75, 3.05) is 26.7 Å². The highest BCUT2D eigenvalue weighted by Gasteiger charge is 2.41. The van der Waals surface area contributed by atoms with E-state index in [0.717, 1.165) is 0 Å². The molecule has 462 valence electrons. The Bertz CT molecular complexity index is 2700. The second-order valence-corrected chi connectivity index (χ2v) is 21.8. The lowest BCUT2D eigenvalue weighted by Gasteiger charge is -2.32. The largest absolute Gasteiger partial charge is 0.508 e. The lowest BCUT2D eigenvalue weighted by atomic mass is 9.96. The van der Waals surface area contributed by atoms with Gasteiger partial charge in [0.05, 0.1) is 19.2 Å². The Balaban J connectivity index is 1.56. The molecule has 1 saturated heterocycles. The van der Waals surface area contributed by atoms with E-state index in [-0.39, 0.29) is 75.8 Å². The van der Waals surface area contributed by atoms with E-state index in [0.29, 0.717) is 36.2 Å². The zero-order valence-corrected chi connectivity index (χ0v) is 49.0. The second kappa shape index (κ2) is 33.5. The number of H-pyrrole nitrogens is 2. The number of carboxylic acid groups (broad SMARTS) is 1. The van der Waals surface area contributed by atoms with Crippen molar-refractivity contribution < 1.29 is 58.2 Å². The molecule has 0 spiro atoms. The number of likely N-dealkylation sites (tertiary alicyclic amines) is 1. The summed E-state index contributed by atoms with van der Waals surface area (Å²) in [5.74, 6) is -9.11. The highest BCUT2D eigenvalue weighted by atomic mass is 16.4. The van der Waals surface area contributed by atoms with Crippen molar-refractivity contribution in [2.45, 2.75) is 161 Å². The van der Waals surface area contributed by atoms with Gasteiger partial charge in [0.1, 0.15) is 60.1 Å². The Labute approximate surface area is 488 Å². The molecule has 4 rings (SSSR count). The third-order valence-electron chi connectivity index (χ3n) is 14.1. The van der Waals surface area contributed by atoms with E-state index in [9.17, 15) is 58.2 Å². The molecule has 10 atom stereocenters. The van der Waals surface area contributed by atoms with Crippen LogP contribution in [0.4, 0.5) is 0 Å². The predicted octanol–water partition coefficient (Wildman–Crippen LogP) is -2.14. The van der Waals surface area contributed by atoms with Crippen LogP contribution in [0.1, 0.15) is 104 Å².